The van der Waals surface area contributed by atoms with E-state index in [9.17, 15) is 9.18 Å². The summed E-state index contributed by atoms with van der Waals surface area (Å²) in [6.45, 7) is 5.03. The molecule has 1 saturated heterocycles. The summed E-state index contributed by atoms with van der Waals surface area (Å²) in [5.74, 6) is 0.245. The van der Waals surface area contributed by atoms with E-state index in [2.05, 4.69) is 25.5 Å². The van der Waals surface area contributed by atoms with Gasteiger partial charge >= 0.3 is 0 Å². The standard InChI is InChI=1S/C22H25FN6O/c1-14-15(2)27-21(28-20(14)24-10-9-16-12-25-26-13-16)22(30)29-11-5-8-19(29)17-6-3-4-7-18(17)23/h3-4,6-7,12-13,19H,5,8-11H2,1-2H3,(H,25,26)(H,24,27,28)/t19-/m1/s1. The third-order valence-corrected chi connectivity index (χ3v) is 5.62. The Labute approximate surface area is 174 Å². The number of anilines is 1. The normalized spacial score (nSPS) is 16.1. The van der Waals surface area contributed by atoms with Crippen molar-refractivity contribution in [2.45, 2.75) is 39.2 Å². The molecular formula is C22H25FN6O. The number of rotatable bonds is 6. The number of hydrogen-bond donors (Lipinski definition) is 2. The number of nitrogens with one attached hydrogen (secondary N) is 2. The van der Waals surface area contributed by atoms with Gasteiger partial charge in [-0.1, -0.05) is 18.2 Å². The predicted octanol–water partition coefficient (Wildman–Crippen LogP) is 3.59. The van der Waals surface area contributed by atoms with Crippen molar-refractivity contribution in [1.29, 1.82) is 0 Å². The van der Waals surface area contributed by atoms with E-state index in [-0.39, 0.29) is 23.6 Å². The summed E-state index contributed by atoms with van der Waals surface area (Å²) in [7, 11) is 0. The topological polar surface area (TPSA) is 86.8 Å². The van der Waals surface area contributed by atoms with Crippen molar-refractivity contribution in [2.75, 3.05) is 18.4 Å². The van der Waals surface area contributed by atoms with Crippen molar-refractivity contribution in [3.05, 3.63) is 70.7 Å². The molecule has 1 aliphatic rings. The van der Waals surface area contributed by atoms with Crippen LogP contribution in [0.1, 0.15) is 51.9 Å². The minimum atomic E-state index is -0.290. The number of halogens is 1. The van der Waals surface area contributed by atoms with E-state index in [0.717, 1.165) is 36.1 Å². The number of aromatic nitrogens is 4. The van der Waals surface area contributed by atoms with Crippen LogP contribution < -0.4 is 5.32 Å². The summed E-state index contributed by atoms with van der Waals surface area (Å²) in [6.07, 6.45) is 5.97. The third kappa shape index (κ3) is 4.03. The number of amides is 1. The predicted molar refractivity (Wildman–Crippen MR) is 112 cm³/mol. The molecule has 1 amide bonds. The number of H-pyrrole nitrogens is 1. The van der Waals surface area contributed by atoms with Crippen LogP contribution in [0.15, 0.2) is 36.7 Å². The van der Waals surface area contributed by atoms with Gasteiger partial charge in [-0.15, -0.1) is 0 Å². The first-order valence-corrected chi connectivity index (χ1v) is 10.2. The van der Waals surface area contributed by atoms with Crippen LogP contribution in [0.5, 0.6) is 0 Å². The summed E-state index contributed by atoms with van der Waals surface area (Å²) in [5.41, 5.74) is 3.30. The first kappa shape index (κ1) is 20.0. The Balaban J connectivity index is 1.54. The van der Waals surface area contributed by atoms with Crippen molar-refractivity contribution >= 4 is 11.7 Å². The molecule has 7 nitrogen and oxygen atoms in total. The van der Waals surface area contributed by atoms with E-state index >= 15 is 0 Å². The molecule has 1 fully saturated rings. The second-order valence-corrected chi connectivity index (χ2v) is 7.57. The molecule has 8 heteroatoms. The Kier molecular flexibility index (Phi) is 5.74. The van der Waals surface area contributed by atoms with Crippen molar-refractivity contribution in [3.63, 3.8) is 0 Å². The van der Waals surface area contributed by atoms with Crippen LogP contribution in [0, 0.1) is 19.7 Å². The SMILES string of the molecule is Cc1nc(C(=O)N2CCC[C@@H]2c2ccccc2F)nc(NCCc2cn[nH]c2)c1C. The van der Waals surface area contributed by atoms with E-state index < -0.39 is 0 Å². The summed E-state index contributed by atoms with van der Waals surface area (Å²) in [5, 5.41) is 10.0. The van der Waals surface area contributed by atoms with Gasteiger partial charge in [0.2, 0.25) is 5.82 Å². The fraction of sp³-hybridized carbons (Fsp3) is 0.364. The van der Waals surface area contributed by atoms with E-state index in [1.165, 1.54) is 6.07 Å². The Hall–Kier alpha value is -3.29. The Morgan fingerprint density at radius 2 is 2.13 bits per heavy atom. The number of aryl methyl sites for hydroxylation is 1. The highest BCUT2D eigenvalue weighted by Crippen LogP contribution is 2.34. The quantitative estimate of drug-likeness (QED) is 0.651. The maximum absolute atomic E-state index is 14.3. The molecule has 2 N–H and O–H groups in total. The smallest absolute Gasteiger partial charge is 0.292 e. The molecule has 0 unspecified atom stereocenters. The highest BCUT2D eigenvalue weighted by molar-refractivity contribution is 5.91. The van der Waals surface area contributed by atoms with Gasteiger partial charge in [-0.2, -0.15) is 5.10 Å². The Morgan fingerprint density at radius 3 is 2.90 bits per heavy atom. The molecular weight excluding hydrogens is 383 g/mol. The highest BCUT2D eigenvalue weighted by Gasteiger charge is 2.33. The fourth-order valence-electron chi connectivity index (χ4n) is 3.84. The van der Waals surface area contributed by atoms with Crippen LogP contribution in [0.3, 0.4) is 0 Å². The van der Waals surface area contributed by atoms with Crippen LogP contribution in [0.25, 0.3) is 0 Å². The van der Waals surface area contributed by atoms with Crippen LogP contribution in [-0.2, 0) is 6.42 Å². The lowest BCUT2D eigenvalue weighted by molar-refractivity contribution is 0.0721. The molecule has 0 spiro atoms. The first-order chi connectivity index (χ1) is 14.5. The average Bonchev–Trinajstić information content (AvgIpc) is 3.43. The fourth-order valence-corrected chi connectivity index (χ4v) is 3.84. The lowest BCUT2D eigenvalue weighted by Gasteiger charge is -2.25. The number of likely N-dealkylation sites (tertiary alicyclic amines) is 1. The van der Waals surface area contributed by atoms with E-state index in [1.54, 1.807) is 29.3 Å². The Morgan fingerprint density at radius 1 is 1.30 bits per heavy atom. The maximum Gasteiger partial charge on any atom is 0.292 e. The van der Waals surface area contributed by atoms with Crippen molar-refractivity contribution in [3.8, 4) is 0 Å². The van der Waals surface area contributed by atoms with Gasteiger partial charge in [0, 0.05) is 36.1 Å². The van der Waals surface area contributed by atoms with E-state index in [1.807, 2.05) is 20.0 Å². The minimum absolute atomic E-state index is 0.146. The lowest BCUT2D eigenvalue weighted by atomic mass is 10.0. The molecule has 3 aromatic rings. The summed E-state index contributed by atoms with van der Waals surface area (Å²) >= 11 is 0. The lowest BCUT2D eigenvalue weighted by Crippen LogP contribution is -2.32. The van der Waals surface area contributed by atoms with Crippen molar-refractivity contribution < 1.29 is 9.18 Å². The Bertz CT molecular complexity index is 1040. The van der Waals surface area contributed by atoms with Gasteiger partial charge in [0.1, 0.15) is 11.6 Å². The second kappa shape index (κ2) is 8.61. The molecule has 2 aromatic heterocycles. The zero-order valence-electron chi connectivity index (χ0n) is 17.2. The minimum Gasteiger partial charge on any atom is -0.369 e. The average molecular weight is 408 g/mol. The van der Waals surface area contributed by atoms with Crippen molar-refractivity contribution in [2.24, 2.45) is 0 Å². The zero-order chi connectivity index (χ0) is 21.1. The van der Waals surface area contributed by atoms with Crippen LogP contribution >= 0.6 is 0 Å². The summed E-state index contributed by atoms with van der Waals surface area (Å²) < 4.78 is 14.3. The van der Waals surface area contributed by atoms with Gasteiger partial charge in [0.25, 0.3) is 5.91 Å². The molecule has 0 aliphatic carbocycles. The first-order valence-electron chi connectivity index (χ1n) is 10.2. The van der Waals surface area contributed by atoms with Gasteiger partial charge in [0.15, 0.2) is 0 Å². The molecule has 30 heavy (non-hydrogen) atoms. The van der Waals surface area contributed by atoms with Gasteiger partial charge in [-0.3, -0.25) is 9.89 Å². The number of carbonyl (C=O) groups is 1. The molecule has 1 aliphatic heterocycles. The van der Waals surface area contributed by atoms with Crippen LogP contribution in [-0.4, -0.2) is 44.1 Å². The molecule has 0 saturated carbocycles. The van der Waals surface area contributed by atoms with E-state index in [0.29, 0.717) is 24.5 Å². The van der Waals surface area contributed by atoms with Gasteiger partial charge < -0.3 is 10.2 Å². The molecule has 4 rings (SSSR count). The zero-order valence-corrected chi connectivity index (χ0v) is 17.2. The van der Waals surface area contributed by atoms with Gasteiger partial charge in [-0.05, 0) is 44.7 Å². The molecule has 0 radical (unpaired) electrons. The van der Waals surface area contributed by atoms with Crippen molar-refractivity contribution in [1.82, 2.24) is 25.1 Å². The summed E-state index contributed by atoms with van der Waals surface area (Å²) in [6, 6.07) is 6.35. The number of aromatic amines is 1. The van der Waals surface area contributed by atoms with Gasteiger partial charge in [0.05, 0.1) is 12.2 Å². The number of hydrogen-bond acceptors (Lipinski definition) is 5. The number of benzene rings is 1. The molecule has 3 heterocycles. The molecule has 1 aromatic carbocycles. The molecule has 1 atom stereocenters. The highest BCUT2D eigenvalue weighted by atomic mass is 19.1. The summed E-state index contributed by atoms with van der Waals surface area (Å²) in [4.78, 5) is 23.9. The molecule has 156 valence electrons. The van der Waals surface area contributed by atoms with Gasteiger partial charge in [-0.25, -0.2) is 14.4 Å². The number of carbonyl (C=O) groups excluding carboxylic acids is 1. The largest absolute Gasteiger partial charge is 0.369 e. The van der Waals surface area contributed by atoms with E-state index in [4.69, 9.17) is 0 Å². The van der Waals surface area contributed by atoms with Crippen LogP contribution in [0.4, 0.5) is 10.2 Å². The third-order valence-electron chi connectivity index (χ3n) is 5.62. The monoisotopic (exact) mass is 408 g/mol. The second-order valence-electron chi connectivity index (χ2n) is 7.57. The van der Waals surface area contributed by atoms with Crippen LogP contribution in [0.2, 0.25) is 0 Å². The molecule has 0 bridgehead atoms. The maximum atomic E-state index is 14.3. The number of nitrogens with zero attached hydrogens (tertiary/aromatic N) is 4.